The Kier molecular flexibility index (Phi) is 11.7. The second-order valence-electron chi connectivity index (χ2n) is 13.9. The van der Waals surface area contributed by atoms with Gasteiger partial charge in [-0.2, -0.15) is 0 Å². The summed E-state index contributed by atoms with van der Waals surface area (Å²) in [4.78, 5) is 15.3. The molecule has 1 N–H and O–H groups in total. The van der Waals surface area contributed by atoms with Crippen LogP contribution >= 0.6 is 0 Å². The zero-order chi connectivity index (χ0) is 34.5. The summed E-state index contributed by atoms with van der Waals surface area (Å²) in [5, 5.41) is 12.2. The molecule has 0 spiro atoms. The van der Waals surface area contributed by atoms with Gasteiger partial charge in [0.2, 0.25) is 0 Å². The summed E-state index contributed by atoms with van der Waals surface area (Å²) in [5.41, 5.74) is 1.65. The fourth-order valence-electron chi connectivity index (χ4n) is 5.98. The Morgan fingerprint density at radius 1 is 1.02 bits per heavy atom. The van der Waals surface area contributed by atoms with Gasteiger partial charge in [0.1, 0.15) is 17.0 Å². The van der Waals surface area contributed by atoms with Crippen LogP contribution in [0.3, 0.4) is 0 Å². The van der Waals surface area contributed by atoms with Gasteiger partial charge in [0.15, 0.2) is 5.79 Å². The van der Waals surface area contributed by atoms with Crippen molar-refractivity contribution in [1.29, 1.82) is 0 Å². The number of nitrogens with zero attached hydrogens (tertiary/aromatic N) is 1. The van der Waals surface area contributed by atoms with Gasteiger partial charge in [-0.25, -0.2) is 4.39 Å². The summed E-state index contributed by atoms with van der Waals surface area (Å²) in [6, 6.07) is 20.8. The Morgan fingerprint density at radius 3 is 2.30 bits per heavy atom. The molecule has 1 saturated heterocycles. The minimum Gasteiger partial charge on any atom is -0.409 e. The van der Waals surface area contributed by atoms with E-state index < -0.39 is 38.2 Å². The smallest absolute Gasteiger partial charge is 0.409 e. The average Bonchev–Trinajstić information content (AvgIpc) is 2.97. The number of carbonyl (C=O) groups is 1. The molecule has 0 saturated carbocycles. The van der Waals surface area contributed by atoms with Gasteiger partial charge in [-0.1, -0.05) is 81.4 Å². The lowest BCUT2D eigenvalue weighted by Gasteiger charge is -2.47. The van der Waals surface area contributed by atoms with Crippen LogP contribution in [0.25, 0.3) is 0 Å². The molecule has 3 aromatic carbocycles. The minimum absolute atomic E-state index is 0.00532. The predicted octanol–water partition coefficient (Wildman–Crippen LogP) is 8.32. The van der Waals surface area contributed by atoms with Crippen molar-refractivity contribution in [2.75, 3.05) is 19.8 Å². The Morgan fingerprint density at radius 2 is 1.66 bits per heavy atom. The first kappa shape index (κ1) is 36.7. The largest absolute Gasteiger partial charge is 0.573 e. The lowest BCUT2D eigenvalue weighted by molar-refractivity contribution is -0.278. The van der Waals surface area contributed by atoms with Crippen LogP contribution in [0, 0.1) is 11.2 Å². The monoisotopic (exact) mass is 675 g/mol. The van der Waals surface area contributed by atoms with E-state index in [9.17, 15) is 27.5 Å². The van der Waals surface area contributed by atoms with E-state index >= 15 is 0 Å². The number of halogens is 4. The Labute approximate surface area is 275 Å². The van der Waals surface area contributed by atoms with Gasteiger partial charge in [0.25, 0.3) is 8.32 Å². The molecule has 0 bridgehead atoms. The molecule has 3 aromatic rings. The lowest BCUT2D eigenvalue weighted by Crippen LogP contribution is -2.54. The first-order valence-electron chi connectivity index (χ1n) is 15.9. The minimum atomic E-state index is -4.92. The van der Waals surface area contributed by atoms with Crippen LogP contribution in [-0.2, 0) is 20.5 Å². The molecule has 1 aliphatic heterocycles. The Balaban J connectivity index is 1.66. The van der Waals surface area contributed by atoms with E-state index in [0.29, 0.717) is 25.1 Å². The van der Waals surface area contributed by atoms with Gasteiger partial charge in [-0.3, -0.25) is 4.90 Å². The van der Waals surface area contributed by atoms with Crippen molar-refractivity contribution in [1.82, 2.24) is 4.90 Å². The van der Waals surface area contributed by atoms with Gasteiger partial charge in [-0.15, -0.1) is 13.2 Å². The highest BCUT2D eigenvalue weighted by Crippen LogP contribution is 2.43. The third-order valence-electron chi connectivity index (χ3n) is 8.38. The van der Waals surface area contributed by atoms with Gasteiger partial charge in [-0.05, 0) is 59.8 Å². The molecule has 0 aliphatic carbocycles. The molecule has 6 nitrogen and oxygen atoms in total. The standard InChI is InChI=1S/C36H45F4NO5Si/c1-34(2,3)23-32(42)47(4,5)45-25-28(30-13-9-10-14-31(30)46-36(38,39)40)19-20-35(43)33(27-15-17-29(37)18-16-27)41(21-22-44-35)24-26-11-7-6-8-12-26/h6-18,28,33,43H,19-25H2,1-5H3. The maximum atomic E-state index is 14.0. The first-order chi connectivity index (χ1) is 22.0. The average molecular weight is 676 g/mol. The zero-order valence-corrected chi connectivity index (χ0v) is 28.6. The van der Waals surface area contributed by atoms with Crippen molar-refractivity contribution in [3.8, 4) is 5.75 Å². The summed E-state index contributed by atoms with van der Waals surface area (Å²) in [6.45, 7) is 10.6. The van der Waals surface area contributed by atoms with E-state index in [1.807, 2.05) is 51.1 Å². The number of aliphatic hydroxyl groups is 1. The van der Waals surface area contributed by atoms with E-state index in [1.54, 1.807) is 37.4 Å². The van der Waals surface area contributed by atoms with E-state index in [4.69, 9.17) is 9.16 Å². The quantitative estimate of drug-likeness (QED) is 0.145. The SMILES string of the molecule is CC(C)(C)CC(=O)[Si](C)(C)OCC(CCC1(O)OCCN(Cc2ccccc2)C1c1ccc(F)cc1)c1ccccc1OC(F)(F)F. The Hall–Kier alpha value is -3.09. The molecule has 11 heteroatoms. The highest BCUT2D eigenvalue weighted by molar-refractivity contribution is 6.99. The van der Waals surface area contributed by atoms with Crippen molar-refractivity contribution >= 4 is 13.7 Å². The maximum Gasteiger partial charge on any atom is 0.573 e. The van der Waals surface area contributed by atoms with Crippen LogP contribution in [0.4, 0.5) is 17.6 Å². The zero-order valence-electron chi connectivity index (χ0n) is 27.6. The number of alkyl halides is 3. The summed E-state index contributed by atoms with van der Waals surface area (Å²) in [5.74, 6) is -3.26. The highest BCUT2D eigenvalue weighted by atomic mass is 28.4. The second-order valence-corrected chi connectivity index (χ2v) is 17.8. The number of hydrogen-bond donors (Lipinski definition) is 1. The van der Waals surface area contributed by atoms with Crippen molar-refractivity contribution in [2.45, 2.75) is 83.8 Å². The molecule has 0 amide bonds. The number of morpholine rings is 1. The topological polar surface area (TPSA) is 68.2 Å². The molecule has 3 atom stereocenters. The molecule has 0 aromatic heterocycles. The van der Waals surface area contributed by atoms with Crippen molar-refractivity contribution < 1.29 is 41.4 Å². The fourth-order valence-corrected chi connectivity index (χ4v) is 7.71. The summed E-state index contributed by atoms with van der Waals surface area (Å²) >= 11 is 0. The van der Waals surface area contributed by atoms with Crippen LogP contribution < -0.4 is 4.74 Å². The molecular weight excluding hydrogens is 630 g/mol. The Bertz CT molecular complexity index is 1460. The molecular formula is C36H45F4NO5Si. The summed E-state index contributed by atoms with van der Waals surface area (Å²) < 4.78 is 71.2. The third kappa shape index (κ3) is 10.4. The molecule has 47 heavy (non-hydrogen) atoms. The third-order valence-corrected chi connectivity index (χ3v) is 10.8. The van der Waals surface area contributed by atoms with Crippen molar-refractivity contribution in [2.24, 2.45) is 5.41 Å². The number of rotatable bonds is 13. The maximum absolute atomic E-state index is 14.0. The number of hydrogen-bond acceptors (Lipinski definition) is 6. The molecule has 1 aliphatic rings. The number of ether oxygens (including phenoxy) is 2. The fraction of sp³-hybridized carbons (Fsp3) is 0.472. The van der Waals surface area contributed by atoms with Gasteiger partial charge in [0.05, 0.1) is 12.6 Å². The molecule has 1 fully saturated rings. The van der Waals surface area contributed by atoms with E-state index in [1.165, 1.54) is 24.3 Å². The number of carbonyl (C=O) groups excluding carboxylic acids is 1. The van der Waals surface area contributed by atoms with Crippen LogP contribution in [0.2, 0.25) is 13.1 Å². The van der Waals surface area contributed by atoms with E-state index in [0.717, 1.165) is 5.56 Å². The lowest BCUT2D eigenvalue weighted by atomic mass is 9.86. The highest BCUT2D eigenvalue weighted by Gasteiger charge is 2.46. The van der Waals surface area contributed by atoms with Crippen LogP contribution in [-0.4, -0.2) is 55.6 Å². The summed E-state index contributed by atoms with van der Waals surface area (Å²) in [6.07, 6.45) is -4.46. The van der Waals surface area contributed by atoms with Crippen LogP contribution in [0.5, 0.6) is 5.75 Å². The van der Waals surface area contributed by atoms with Crippen LogP contribution in [0.1, 0.15) is 68.7 Å². The van der Waals surface area contributed by atoms with Crippen LogP contribution in [0.15, 0.2) is 78.9 Å². The predicted molar refractivity (Wildman–Crippen MR) is 175 cm³/mol. The van der Waals surface area contributed by atoms with Gasteiger partial charge in [0, 0.05) is 38.5 Å². The molecule has 3 unspecified atom stereocenters. The first-order valence-corrected chi connectivity index (χ1v) is 18.8. The van der Waals surface area contributed by atoms with E-state index in [-0.39, 0.29) is 48.2 Å². The summed E-state index contributed by atoms with van der Waals surface area (Å²) in [7, 11) is -2.93. The van der Waals surface area contributed by atoms with Crippen molar-refractivity contribution in [3.63, 3.8) is 0 Å². The van der Waals surface area contributed by atoms with Gasteiger partial charge >= 0.3 is 6.36 Å². The normalized spacial score (nSPS) is 20.2. The van der Waals surface area contributed by atoms with E-state index in [2.05, 4.69) is 9.64 Å². The molecule has 1 heterocycles. The molecule has 4 rings (SSSR count). The van der Waals surface area contributed by atoms with Gasteiger partial charge < -0.3 is 23.8 Å². The second kappa shape index (κ2) is 15.0. The number of para-hydroxylation sites is 1. The molecule has 0 radical (unpaired) electrons. The number of benzene rings is 3. The van der Waals surface area contributed by atoms with Crippen molar-refractivity contribution in [3.05, 3.63) is 101 Å². The molecule has 256 valence electrons.